The van der Waals surface area contributed by atoms with Crippen molar-refractivity contribution < 1.29 is 19.1 Å². The molecule has 5 heteroatoms. The SMILES string of the molecule is O=C1CC[C@@H]([C@@H]2CCCCN2C(=O)OCc2ccccc2)O1. The van der Waals surface area contributed by atoms with Gasteiger partial charge in [0.1, 0.15) is 12.7 Å². The maximum atomic E-state index is 12.4. The Balaban J connectivity index is 1.60. The number of benzene rings is 1. The van der Waals surface area contributed by atoms with E-state index in [4.69, 9.17) is 9.47 Å². The molecule has 5 nitrogen and oxygen atoms in total. The highest BCUT2D eigenvalue weighted by molar-refractivity contribution is 5.72. The molecule has 2 fully saturated rings. The van der Waals surface area contributed by atoms with Gasteiger partial charge in [0.2, 0.25) is 0 Å². The molecule has 0 saturated carbocycles. The first-order valence-corrected chi connectivity index (χ1v) is 7.91. The van der Waals surface area contributed by atoms with Crippen LogP contribution in [0.2, 0.25) is 0 Å². The van der Waals surface area contributed by atoms with E-state index in [2.05, 4.69) is 0 Å². The normalized spacial score (nSPS) is 24.9. The molecule has 1 amide bonds. The number of nitrogens with zero attached hydrogens (tertiary/aromatic N) is 1. The van der Waals surface area contributed by atoms with Crippen molar-refractivity contribution >= 4 is 12.1 Å². The smallest absolute Gasteiger partial charge is 0.410 e. The minimum atomic E-state index is -0.309. The molecule has 0 N–H and O–H groups in total. The van der Waals surface area contributed by atoms with E-state index in [0.29, 0.717) is 19.4 Å². The zero-order valence-corrected chi connectivity index (χ0v) is 12.6. The van der Waals surface area contributed by atoms with Crippen molar-refractivity contribution in [1.82, 2.24) is 4.90 Å². The highest BCUT2D eigenvalue weighted by Crippen LogP contribution is 2.28. The zero-order chi connectivity index (χ0) is 15.4. The number of rotatable bonds is 3. The highest BCUT2D eigenvalue weighted by Gasteiger charge is 2.38. The Kier molecular flexibility index (Phi) is 4.61. The summed E-state index contributed by atoms with van der Waals surface area (Å²) < 4.78 is 10.8. The fraction of sp³-hybridized carbons (Fsp3) is 0.529. The molecule has 1 aromatic rings. The van der Waals surface area contributed by atoms with Crippen LogP contribution in [0.5, 0.6) is 0 Å². The Bertz CT molecular complexity index is 531. The largest absolute Gasteiger partial charge is 0.460 e. The number of amides is 1. The van der Waals surface area contributed by atoms with Gasteiger partial charge in [0, 0.05) is 13.0 Å². The topological polar surface area (TPSA) is 55.8 Å². The van der Waals surface area contributed by atoms with Crippen molar-refractivity contribution in [3.63, 3.8) is 0 Å². The lowest BCUT2D eigenvalue weighted by Crippen LogP contribution is -2.49. The van der Waals surface area contributed by atoms with Crippen LogP contribution in [0.1, 0.15) is 37.7 Å². The van der Waals surface area contributed by atoms with E-state index in [-0.39, 0.29) is 30.8 Å². The molecule has 2 aliphatic heterocycles. The molecule has 0 aromatic heterocycles. The van der Waals surface area contributed by atoms with Crippen LogP contribution >= 0.6 is 0 Å². The third-order valence-electron chi connectivity index (χ3n) is 4.33. The first kappa shape index (κ1) is 14.9. The van der Waals surface area contributed by atoms with Gasteiger partial charge in [-0.3, -0.25) is 4.79 Å². The highest BCUT2D eigenvalue weighted by atomic mass is 16.6. The van der Waals surface area contributed by atoms with E-state index in [1.165, 1.54) is 0 Å². The van der Waals surface area contributed by atoms with Gasteiger partial charge < -0.3 is 14.4 Å². The second-order valence-electron chi connectivity index (χ2n) is 5.86. The molecule has 0 aliphatic carbocycles. The van der Waals surface area contributed by atoms with Crippen LogP contribution in [0.25, 0.3) is 0 Å². The van der Waals surface area contributed by atoms with Crippen LogP contribution in [-0.2, 0) is 20.9 Å². The average Bonchev–Trinajstić information content (AvgIpc) is 3.00. The van der Waals surface area contributed by atoms with E-state index in [1.807, 2.05) is 30.3 Å². The Morgan fingerprint density at radius 2 is 2.05 bits per heavy atom. The second kappa shape index (κ2) is 6.81. The molecular weight excluding hydrogens is 282 g/mol. The standard InChI is InChI=1S/C17H21NO4/c19-16-10-9-15(22-16)14-8-4-5-11-18(14)17(20)21-12-13-6-2-1-3-7-13/h1-3,6-7,14-15H,4-5,8-12H2/t14-,15-/m0/s1. The molecule has 2 saturated heterocycles. The summed E-state index contributed by atoms with van der Waals surface area (Å²) in [5.41, 5.74) is 0.969. The lowest BCUT2D eigenvalue weighted by molar-refractivity contribution is -0.144. The van der Waals surface area contributed by atoms with Gasteiger partial charge in [-0.15, -0.1) is 0 Å². The Morgan fingerprint density at radius 3 is 2.77 bits per heavy atom. The maximum absolute atomic E-state index is 12.4. The quantitative estimate of drug-likeness (QED) is 0.806. The van der Waals surface area contributed by atoms with Gasteiger partial charge >= 0.3 is 12.1 Å². The van der Waals surface area contributed by atoms with Crippen LogP contribution < -0.4 is 0 Å². The summed E-state index contributed by atoms with van der Waals surface area (Å²) in [5.74, 6) is -0.159. The molecule has 0 unspecified atom stereocenters. The molecule has 2 atom stereocenters. The molecule has 0 spiro atoms. The molecule has 2 heterocycles. The van der Waals surface area contributed by atoms with Gasteiger partial charge in [-0.1, -0.05) is 30.3 Å². The van der Waals surface area contributed by atoms with Gasteiger partial charge in [-0.05, 0) is 31.2 Å². The Labute approximate surface area is 130 Å². The lowest BCUT2D eigenvalue weighted by Gasteiger charge is -2.37. The van der Waals surface area contributed by atoms with Crippen molar-refractivity contribution in [3.8, 4) is 0 Å². The van der Waals surface area contributed by atoms with Gasteiger partial charge in [-0.25, -0.2) is 4.79 Å². The summed E-state index contributed by atoms with van der Waals surface area (Å²) in [6.45, 7) is 0.944. The minimum absolute atomic E-state index is 0.0385. The van der Waals surface area contributed by atoms with E-state index in [0.717, 1.165) is 24.8 Å². The van der Waals surface area contributed by atoms with Gasteiger partial charge in [-0.2, -0.15) is 0 Å². The van der Waals surface area contributed by atoms with Gasteiger partial charge in [0.25, 0.3) is 0 Å². The summed E-state index contributed by atoms with van der Waals surface area (Å²) in [6, 6.07) is 9.60. The summed E-state index contributed by atoms with van der Waals surface area (Å²) in [7, 11) is 0. The Morgan fingerprint density at radius 1 is 1.23 bits per heavy atom. The van der Waals surface area contributed by atoms with Crippen LogP contribution in [0, 0.1) is 0 Å². The lowest BCUT2D eigenvalue weighted by atomic mass is 9.96. The number of cyclic esters (lactones) is 1. The first-order chi connectivity index (χ1) is 10.7. The van der Waals surface area contributed by atoms with E-state index < -0.39 is 0 Å². The summed E-state index contributed by atoms with van der Waals surface area (Å²) >= 11 is 0. The fourth-order valence-electron chi connectivity index (χ4n) is 3.19. The van der Waals surface area contributed by atoms with E-state index in [9.17, 15) is 9.59 Å². The first-order valence-electron chi connectivity index (χ1n) is 7.91. The average molecular weight is 303 g/mol. The van der Waals surface area contributed by atoms with Crippen molar-refractivity contribution in [1.29, 1.82) is 0 Å². The molecule has 1 aromatic carbocycles. The van der Waals surface area contributed by atoms with Crippen molar-refractivity contribution in [2.45, 2.75) is 50.9 Å². The van der Waals surface area contributed by atoms with Crippen molar-refractivity contribution in [2.24, 2.45) is 0 Å². The number of carbonyl (C=O) groups is 2. The number of ether oxygens (including phenoxy) is 2. The molecule has 22 heavy (non-hydrogen) atoms. The molecule has 3 rings (SSSR count). The van der Waals surface area contributed by atoms with Crippen LogP contribution in [-0.4, -0.2) is 35.7 Å². The molecule has 2 aliphatic rings. The van der Waals surface area contributed by atoms with Crippen LogP contribution in [0.3, 0.4) is 0 Å². The number of carbonyl (C=O) groups excluding carboxylic acids is 2. The molecular formula is C17H21NO4. The van der Waals surface area contributed by atoms with Crippen LogP contribution in [0.4, 0.5) is 4.79 Å². The number of hydrogen-bond donors (Lipinski definition) is 0. The molecule has 0 bridgehead atoms. The van der Waals surface area contributed by atoms with E-state index >= 15 is 0 Å². The Hall–Kier alpha value is -2.04. The van der Waals surface area contributed by atoms with Gasteiger partial charge in [0.05, 0.1) is 6.04 Å². The van der Waals surface area contributed by atoms with Gasteiger partial charge in [0.15, 0.2) is 0 Å². The number of likely N-dealkylation sites (tertiary alicyclic amines) is 1. The van der Waals surface area contributed by atoms with Crippen LogP contribution in [0.15, 0.2) is 30.3 Å². The zero-order valence-electron chi connectivity index (χ0n) is 12.6. The summed E-state index contributed by atoms with van der Waals surface area (Å²) in [6.07, 6.45) is 3.57. The summed E-state index contributed by atoms with van der Waals surface area (Å²) in [5, 5.41) is 0. The maximum Gasteiger partial charge on any atom is 0.410 e. The molecule has 118 valence electrons. The monoisotopic (exact) mass is 303 g/mol. The van der Waals surface area contributed by atoms with E-state index in [1.54, 1.807) is 4.90 Å². The number of piperidine rings is 1. The number of esters is 1. The third kappa shape index (κ3) is 3.40. The second-order valence-corrected chi connectivity index (χ2v) is 5.86. The number of hydrogen-bond acceptors (Lipinski definition) is 4. The minimum Gasteiger partial charge on any atom is -0.460 e. The van der Waals surface area contributed by atoms with Crippen molar-refractivity contribution in [2.75, 3.05) is 6.54 Å². The van der Waals surface area contributed by atoms with Crippen molar-refractivity contribution in [3.05, 3.63) is 35.9 Å². The molecule has 0 radical (unpaired) electrons. The fourth-order valence-corrected chi connectivity index (χ4v) is 3.19. The summed E-state index contributed by atoms with van der Waals surface area (Å²) in [4.78, 5) is 25.5. The predicted molar refractivity (Wildman–Crippen MR) is 80.1 cm³/mol. The third-order valence-corrected chi connectivity index (χ3v) is 4.33. The predicted octanol–water partition coefficient (Wildman–Crippen LogP) is 2.88.